The number of ketones is 2. The molecule has 0 amide bonds. The average Bonchev–Trinajstić information content (AvgIpc) is 3.26. The molecule has 0 unspecified atom stereocenters. The van der Waals surface area contributed by atoms with Crippen LogP contribution in [0.15, 0.2) is 61.2 Å². The summed E-state index contributed by atoms with van der Waals surface area (Å²) in [4.78, 5) is 22.5. The molecule has 0 N–H and O–H groups in total. The molecule has 0 fully saturated rings. The number of fused-ring (bicyclic) bond motifs is 2. The van der Waals surface area contributed by atoms with E-state index in [1.165, 1.54) is 0 Å². The molecule has 0 saturated heterocycles. The maximum absolute atomic E-state index is 11.4. The third-order valence-electron chi connectivity index (χ3n) is 3.65. The first-order valence-electron chi connectivity index (χ1n) is 7.56. The normalized spacial score (nSPS) is 10.1. The highest BCUT2D eigenvalue weighted by molar-refractivity contribution is 9.09. The van der Waals surface area contributed by atoms with Crippen molar-refractivity contribution < 1.29 is 9.59 Å². The van der Waals surface area contributed by atoms with Crippen LogP contribution in [-0.4, -0.2) is 36.1 Å². The highest BCUT2D eigenvalue weighted by Gasteiger charge is 2.09. The molecule has 6 nitrogen and oxygen atoms in total. The fraction of sp³-hybridized carbons (Fsp3) is 0.111. The van der Waals surface area contributed by atoms with Crippen molar-refractivity contribution in [3.05, 3.63) is 72.3 Å². The zero-order valence-corrected chi connectivity index (χ0v) is 17.2. The highest BCUT2D eigenvalue weighted by Crippen LogP contribution is 2.11. The van der Waals surface area contributed by atoms with Crippen molar-refractivity contribution in [3.8, 4) is 0 Å². The number of halogens is 2. The Hall–Kier alpha value is -2.32. The van der Waals surface area contributed by atoms with E-state index >= 15 is 0 Å². The van der Waals surface area contributed by atoms with Gasteiger partial charge < -0.3 is 0 Å². The molecule has 4 heterocycles. The summed E-state index contributed by atoms with van der Waals surface area (Å²) in [6, 6.07) is 11.3. The van der Waals surface area contributed by atoms with E-state index in [0.29, 0.717) is 16.5 Å². The first-order valence-corrected chi connectivity index (χ1v) is 8.69. The minimum absolute atomic E-state index is 0. The lowest BCUT2D eigenvalue weighted by atomic mass is 10.2. The molecule has 0 aliphatic carbocycles. The molecule has 0 aliphatic heterocycles. The van der Waals surface area contributed by atoms with Gasteiger partial charge in [0.1, 0.15) is 0 Å². The molecule has 0 spiro atoms. The Morgan fingerprint density at radius 1 is 0.923 bits per heavy atom. The number of nitrogens with zero attached hydrogens (tertiary/aromatic N) is 4. The second-order valence-corrected chi connectivity index (χ2v) is 5.85. The van der Waals surface area contributed by atoms with Crippen LogP contribution in [0.2, 0.25) is 0 Å². The summed E-state index contributed by atoms with van der Waals surface area (Å²) in [5.74, 6) is 0.109. The molecule has 0 saturated carbocycles. The van der Waals surface area contributed by atoms with Crippen LogP contribution >= 0.6 is 32.9 Å². The number of hydrogen-bond acceptors (Lipinski definition) is 4. The summed E-state index contributed by atoms with van der Waals surface area (Å²) in [5, 5.41) is 8.43. The van der Waals surface area contributed by atoms with Gasteiger partial charge in [-0.1, -0.05) is 28.1 Å². The molecule has 0 aliphatic rings. The van der Waals surface area contributed by atoms with Gasteiger partial charge in [0, 0.05) is 12.4 Å². The second kappa shape index (κ2) is 8.86. The van der Waals surface area contributed by atoms with E-state index in [0.717, 1.165) is 11.0 Å². The van der Waals surface area contributed by atoms with Crippen molar-refractivity contribution in [2.45, 2.75) is 6.92 Å². The van der Waals surface area contributed by atoms with Crippen LogP contribution < -0.4 is 0 Å². The van der Waals surface area contributed by atoms with Gasteiger partial charge in [-0.3, -0.25) is 9.59 Å². The zero-order chi connectivity index (χ0) is 17.8. The molecule has 0 bridgehead atoms. The smallest absolute Gasteiger partial charge is 0.177 e. The second-order valence-electron chi connectivity index (χ2n) is 5.29. The third-order valence-corrected chi connectivity index (χ3v) is 4.16. The van der Waals surface area contributed by atoms with Crippen molar-refractivity contribution in [1.29, 1.82) is 0 Å². The van der Waals surface area contributed by atoms with Gasteiger partial charge in [-0.2, -0.15) is 10.2 Å². The van der Waals surface area contributed by atoms with Crippen LogP contribution in [0, 0.1) is 0 Å². The average molecular weight is 480 g/mol. The van der Waals surface area contributed by atoms with E-state index < -0.39 is 0 Å². The van der Waals surface area contributed by atoms with Gasteiger partial charge in [-0.15, -0.1) is 17.0 Å². The number of aromatic nitrogens is 4. The number of carbonyl (C=O) groups excluding carboxylic acids is 2. The van der Waals surface area contributed by atoms with E-state index in [2.05, 4.69) is 26.1 Å². The van der Waals surface area contributed by atoms with Crippen molar-refractivity contribution >= 4 is 55.5 Å². The van der Waals surface area contributed by atoms with Gasteiger partial charge in [0.15, 0.2) is 11.6 Å². The maximum atomic E-state index is 11.4. The van der Waals surface area contributed by atoms with Gasteiger partial charge in [-0.25, -0.2) is 9.03 Å². The standard InChI is InChI=1S/C9H7BrN2O.C9H8N2O.BrH/c10-5-9(13)7-6-11-12-4-2-1-3-8(7)12;1-7(12)8-6-10-11-5-3-2-4-9(8)11;/h1-4,6H,5H2;2-6H,1H3;1H. The quantitative estimate of drug-likeness (QED) is 0.328. The van der Waals surface area contributed by atoms with Crippen molar-refractivity contribution in [3.63, 3.8) is 0 Å². The fourth-order valence-corrected chi connectivity index (χ4v) is 2.73. The minimum atomic E-state index is 0. The van der Waals surface area contributed by atoms with Crippen LogP contribution in [0.5, 0.6) is 0 Å². The van der Waals surface area contributed by atoms with E-state index in [1.54, 1.807) is 28.3 Å². The fourth-order valence-electron chi connectivity index (χ4n) is 2.43. The largest absolute Gasteiger partial charge is 0.294 e. The summed E-state index contributed by atoms with van der Waals surface area (Å²) in [5.41, 5.74) is 3.06. The van der Waals surface area contributed by atoms with Crippen LogP contribution in [0.1, 0.15) is 27.6 Å². The van der Waals surface area contributed by atoms with Gasteiger partial charge in [0.2, 0.25) is 0 Å². The number of hydrogen-bond donors (Lipinski definition) is 0. The molecule has 4 aromatic heterocycles. The molecular formula is C18H16Br2N4O2. The predicted octanol–water partition coefficient (Wildman–Crippen LogP) is 4.03. The minimum Gasteiger partial charge on any atom is -0.294 e. The summed E-state index contributed by atoms with van der Waals surface area (Å²) in [7, 11) is 0. The molecule has 8 heteroatoms. The van der Waals surface area contributed by atoms with Gasteiger partial charge in [-0.05, 0) is 31.2 Å². The first kappa shape index (κ1) is 20.0. The molecule has 0 radical (unpaired) electrons. The Labute approximate surface area is 168 Å². The number of carbonyl (C=O) groups is 2. The molecule has 134 valence electrons. The molecule has 4 rings (SSSR count). The van der Waals surface area contributed by atoms with Gasteiger partial charge in [0.25, 0.3) is 0 Å². The Bertz CT molecular complexity index is 1060. The lowest BCUT2D eigenvalue weighted by Crippen LogP contribution is -1.98. The first-order chi connectivity index (χ1) is 12.1. The summed E-state index contributed by atoms with van der Waals surface area (Å²) < 4.78 is 3.38. The molecule has 4 aromatic rings. The van der Waals surface area contributed by atoms with Crippen molar-refractivity contribution in [2.75, 3.05) is 5.33 Å². The van der Waals surface area contributed by atoms with Crippen molar-refractivity contribution in [2.24, 2.45) is 0 Å². The summed E-state index contributed by atoms with van der Waals surface area (Å²) in [6.45, 7) is 1.55. The monoisotopic (exact) mass is 478 g/mol. The van der Waals surface area contributed by atoms with E-state index in [4.69, 9.17) is 0 Å². The van der Waals surface area contributed by atoms with E-state index in [1.807, 2.05) is 48.8 Å². The van der Waals surface area contributed by atoms with Gasteiger partial charge >= 0.3 is 0 Å². The van der Waals surface area contributed by atoms with Crippen LogP contribution in [0.4, 0.5) is 0 Å². The molecular weight excluding hydrogens is 464 g/mol. The Balaban J connectivity index is 0.000000180. The van der Waals surface area contributed by atoms with Crippen LogP contribution in [0.3, 0.4) is 0 Å². The topological polar surface area (TPSA) is 68.7 Å². The number of pyridine rings is 2. The Morgan fingerprint density at radius 3 is 1.92 bits per heavy atom. The summed E-state index contributed by atoms with van der Waals surface area (Å²) >= 11 is 3.14. The van der Waals surface area contributed by atoms with Crippen LogP contribution in [0.25, 0.3) is 11.0 Å². The third kappa shape index (κ3) is 4.08. The number of Topliss-reactive ketones (excluding diaryl/α,β-unsaturated/α-hetero) is 2. The lowest BCUT2D eigenvalue weighted by molar-refractivity contribution is 0.101. The number of alkyl halides is 1. The van der Waals surface area contributed by atoms with E-state index in [9.17, 15) is 9.59 Å². The number of rotatable bonds is 3. The van der Waals surface area contributed by atoms with Crippen LogP contribution in [-0.2, 0) is 0 Å². The highest BCUT2D eigenvalue weighted by atomic mass is 79.9. The molecule has 0 aromatic carbocycles. The maximum Gasteiger partial charge on any atom is 0.177 e. The van der Waals surface area contributed by atoms with Gasteiger partial charge in [0.05, 0.1) is 39.9 Å². The zero-order valence-electron chi connectivity index (χ0n) is 13.9. The summed E-state index contributed by atoms with van der Waals surface area (Å²) in [6.07, 6.45) is 6.83. The predicted molar refractivity (Wildman–Crippen MR) is 109 cm³/mol. The SMILES string of the molecule is Br.CC(=O)c1cnn2ccccc12.O=C(CBr)c1cnn2ccccc12. The molecule has 0 atom stereocenters. The van der Waals surface area contributed by atoms with Crippen molar-refractivity contribution in [1.82, 2.24) is 19.2 Å². The van der Waals surface area contributed by atoms with E-state index in [-0.39, 0.29) is 28.5 Å². The molecule has 26 heavy (non-hydrogen) atoms. The Morgan fingerprint density at radius 2 is 1.42 bits per heavy atom. The lowest BCUT2D eigenvalue weighted by Gasteiger charge is -1.93. The Kier molecular flexibility index (Phi) is 6.82.